The third kappa shape index (κ3) is 4.06. The van der Waals surface area contributed by atoms with Crippen LogP contribution in [-0.2, 0) is 24.0 Å². The highest BCUT2D eigenvalue weighted by molar-refractivity contribution is 14.1. The molecule has 3 fully saturated rings. The zero-order valence-corrected chi connectivity index (χ0v) is 24.4. The van der Waals surface area contributed by atoms with Crippen LogP contribution in [0.4, 0.5) is 11.4 Å². The van der Waals surface area contributed by atoms with Gasteiger partial charge in [-0.1, -0.05) is 0 Å². The topological polar surface area (TPSA) is 113 Å². The molecule has 3 aliphatic rings. The van der Waals surface area contributed by atoms with Gasteiger partial charge in [0.25, 0.3) is 11.8 Å². The van der Waals surface area contributed by atoms with Gasteiger partial charge < -0.3 is 15.1 Å². The molecule has 1 aliphatic heterocycles. The number of carbonyl (C=O) groups excluding carboxylic acids is 5. The summed E-state index contributed by atoms with van der Waals surface area (Å²) in [5, 5.41) is 3.35. The minimum Gasteiger partial charge on any atom is -0.325 e. The van der Waals surface area contributed by atoms with E-state index in [0.29, 0.717) is 27.1 Å². The number of amides is 4. The van der Waals surface area contributed by atoms with Crippen LogP contribution < -0.4 is 10.2 Å². The molecule has 1 N–H and O–H groups in total. The number of imide groups is 1. The van der Waals surface area contributed by atoms with Crippen LogP contribution in [0.15, 0.2) is 0 Å². The molecule has 1 saturated heterocycles. The zero-order valence-electron chi connectivity index (χ0n) is 17.9. The van der Waals surface area contributed by atoms with Gasteiger partial charge in [-0.15, -0.1) is 5.06 Å². The number of anilines is 2. The summed E-state index contributed by atoms with van der Waals surface area (Å²) in [6.45, 7) is 2.72. The van der Waals surface area contributed by atoms with Crippen LogP contribution in [0.1, 0.15) is 43.5 Å². The van der Waals surface area contributed by atoms with Crippen molar-refractivity contribution in [2.45, 2.75) is 33.1 Å². The maximum atomic E-state index is 13.3. The van der Waals surface area contributed by atoms with E-state index in [1.807, 2.05) is 67.8 Å². The molecule has 176 valence electrons. The van der Waals surface area contributed by atoms with Crippen molar-refractivity contribution in [1.29, 1.82) is 0 Å². The lowest BCUT2D eigenvalue weighted by atomic mass is 9.81. The summed E-state index contributed by atoms with van der Waals surface area (Å²) >= 11 is 5.87. The minimum absolute atomic E-state index is 0.0732. The van der Waals surface area contributed by atoms with E-state index in [-0.39, 0.29) is 29.2 Å². The molecule has 33 heavy (non-hydrogen) atoms. The number of nitrogens with zero attached hydrogens (tertiary/aromatic N) is 2. The van der Waals surface area contributed by atoms with Crippen LogP contribution in [0.3, 0.4) is 0 Å². The number of hydrogen-bond donors (Lipinski definition) is 1. The molecular formula is C21H20I3N3O6. The summed E-state index contributed by atoms with van der Waals surface area (Å²) < 4.78 is 1.38. The van der Waals surface area contributed by atoms with Gasteiger partial charge in [0.1, 0.15) is 0 Å². The number of hydrogen-bond acceptors (Lipinski definition) is 6. The molecule has 12 heteroatoms. The van der Waals surface area contributed by atoms with E-state index in [0.717, 1.165) is 19.3 Å². The van der Waals surface area contributed by atoms with E-state index in [1.54, 1.807) is 7.05 Å². The fourth-order valence-electron chi connectivity index (χ4n) is 5.17. The van der Waals surface area contributed by atoms with E-state index in [4.69, 9.17) is 4.84 Å². The third-order valence-corrected chi connectivity index (χ3v) is 9.85. The van der Waals surface area contributed by atoms with E-state index in [9.17, 15) is 24.0 Å². The molecule has 4 rings (SSSR count). The van der Waals surface area contributed by atoms with Gasteiger partial charge in [-0.05, 0) is 98.9 Å². The SMILES string of the molecule is CC(=O)Nc1c(I)c(C(=O)ON2C(=O)C3C4CCC(C4)C3C2=O)c(I)c(N(C)C(C)=O)c1I. The van der Waals surface area contributed by atoms with E-state index in [1.165, 1.54) is 18.7 Å². The monoisotopic (exact) mass is 791 g/mol. The molecule has 4 unspecified atom stereocenters. The molecule has 4 amide bonds. The maximum Gasteiger partial charge on any atom is 0.366 e. The highest BCUT2D eigenvalue weighted by Crippen LogP contribution is 2.56. The van der Waals surface area contributed by atoms with Crippen molar-refractivity contribution in [3.05, 3.63) is 16.3 Å². The summed E-state index contributed by atoms with van der Waals surface area (Å²) in [5.74, 6) is -2.90. The molecule has 4 atom stereocenters. The second kappa shape index (κ2) is 9.20. The van der Waals surface area contributed by atoms with Gasteiger partial charge in [0, 0.05) is 20.9 Å². The summed E-state index contributed by atoms with van der Waals surface area (Å²) in [4.78, 5) is 70.0. The van der Waals surface area contributed by atoms with Gasteiger partial charge in [0.15, 0.2) is 0 Å². The highest BCUT2D eigenvalue weighted by atomic mass is 127. The van der Waals surface area contributed by atoms with Crippen LogP contribution in [0.5, 0.6) is 0 Å². The standard InChI is InChI=1S/C21H20I3N3O6/c1-7(28)25-17-14(22)13(15(23)18(16(17)24)26(3)8(2)29)21(32)33-27-19(30)11-9-4-5-10(6-9)12(11)20(27)31/h9-12H,4-6H2,1-3H3,(H,25,28). The fraction of sp³-hybridized carbons (Fsp3) is 0.476. The molecule has 2 bridgehead atoms. The van der Waals surface area contributed by atoms with E-state index < -0.39 is 29.6 Å². The average molecular weight is 791 g/mol. The van der Waals surface area contributed by atoms with Crippen LogP contribution in [-0.4, -0.2) is 41.7 Å². The Bertz CT molecular complexity index is 1100. The Morgan fingerprint density at radius 3 is 2.00 bits per heavy atom. The van der Waals surface area contributed by atoms with Crippen molar-refractivity contribution in [2.75, 3.05) is 17.3 Å². The molecule has 1 aromatic carbocycles. The van der Waals surface area contributed by atoms with Crippen LogP contribution in [0.25, 0.3) is 0 Å². The van der Waals surface area contributed by atoms with Gasteiger partial charge in [-0.25, -0.2) is 4.79 Å². The Morgan fingerprint density at radius 2 is 1.52 bits per heavy atom. The Balaban J connectivity index is 1.73. The number of nitrogens with one attached hydrogen (secondary N) is 1. The van der Waals surface area contributed by atoms with E-state index >= 15 is 0 Å². The normalized spacial score (nSPS) is 25.3. The molecule has 0 spiro atoms. The molecular weight excluding hydrogens is 771 g/mol. The molecule has 9 nitrogen and oxygen atoms in total. The summed E-state index contributed by atoms with van der Waals surface area (Å²) in [5.41, 5.74) is 0.853. The second-order valence-electron chi connectivity index (χ2n) is 8.53. The van der Waals surface area contributed by atoms with E-state index in [2.05, 4.69) is 5.32 Å². The molecule has 0 radical (unpaired) electrons. The summed E-state index contributed by atoms with van der Waals surface area (Å²) in [6, 6.07) is 0. The first-order valence-electron chi connectivity index (χ1n) is 10.3. The van der Waals surface area contributed by atoms with Gasteiger partial charge in [-0.2, -0.15) is 0 Å². The average Bonchev–Trinajstić information content (AvgIpc) is 3.41. The summed E-state index contributed by atoms with van der Waals surface area (Å²) in [7, 11) is 1.56. The number of benzene rings is 1. The number of halogens is 3. The third-order valence-electron chi connectivity index (χ3n) is 6.67. The van der Waals surface area contributed by atoms with Crippen molar-refractivity contribution >= 4 is 109 Å². The molecule has 2 saturated carbocycles. The molecule has 1 heterocycles. The van der Waals surface area contributed by atoms with Crippen LogP contribution >= 0.6 is 67.8 Å². The highest BCUT2D eigenvalue weighted by Gasteiger charge is 2.62. The minimum atomic E-state index is -0.890. The largest absolute Gasteiger partial charge is 0.366 e. The molecule has 0 aromatic heterocycles. The van der Waals surface area contributed by atoms with Crippen molar-refractivity contribution in [1.82, 2.24) is 5.06 Å². The van der Waals surface area contributed by atoms with Crippen molar-refractivity contribution in [3.63, 3.8) is 0 Å². The Kier molecular flexibility index (Phi) is 6.99. The first-order chi connectivity index (χ1) is 15.5. The van der Waals surface area contributed by atoms with Crippen molar-refractivity contribution in [3.8, 4) is 0 Å². The van der Waals surface area contributed by atoms with Gasteiger partial charge in [-0.3, -0.25) is 19.2 Å². The second-order valence-corrected chi connectivity index (χ2v) is 11.8. The van der Waals surface area contributed by atoms with Gasteiger partial charge in [0.05, 0.1) is 39.5 Å². The van der Waals surface area contributed by atoms with Crippen LogP contribution in [0, 0.1) is 34.4 Å². The van der Waals surface area contributed by atoms with Crippen molar-refractivity contribution < 1.29 is 28.8 Å². The zero-order chi connectivity index (χ0) is 24.4. The molecule has 2 aliphatic carbocycles. The Labute approximate surface area is 231 Å². The fourth-order valence-corrected chi connectivity index (χ4v) is 9.77. The lowest BCUT2D eigenvalue weighted by Gasteiger charge is -2.24. The van der Waals surface area contributed by atoms with Gasteiger partial charge in [0.2, 0.25) is 11.8 Å². The molecule has 1 aromatic rings. The number of carbonyl (C=O) groups is 5. The Morgan fingerprint density at radius 1 is 0.970 bits per heavy atom. The van der Waals surface area contributed by atoms with Crippen molar-refractivity contribution in [2.24, 2.45) is 23.7 Å². The predicted octanol–water partition coefficient (Wildman–Crippen LogP) is 3.54. The number of fused-ring (bicyclic) bond motifs is 5. The lowest BCUT2D eigenvalue weighted by molar-refractivity contribution is -0.175. The number of rotatable bonds is 4. The number of hydroxylamine groups is 2. The lowest BCUT2D eigenvalue weighted by Crippen LogP contribution is -2.36. The quantitative estimate of drug-likeness (QED) is 0.369. The first-order valence-corrected chi connectivity index (χ1v) is 13.5. The predicted molar refractivity (Wildman–Crippen MR) is 143 cm³/mol. The first kappa shape index (κ1) is 25.1. The maximum absolute atomic E-state index is 13.3. The Hall–Kier alpha value is -1.04. The summed E-state index contributed by atoms with van der Waals surface area (Å²) in [6.07, 6.45) is 2.71. The smallest absolute Gasteiger partial charge is 0.325 e. The van der Waals surface area contributed by atoms with Gasteiger partial charge >= 0.3 is 5.97 Å². The van der Waals surface area contributed by atoms with Crippen LogP contribution in [0.2, 0.25) is 0 Å².